The molecular weight excluding hydrogens is 358 g/mol. The van der Waals surface area contributed by atoms with Gasteiger partial charge in [0.05, 0.1) is 12.4 Å². The van der Waals surface area contributed by atoms with Crippen LogP contribution in [0.4, 0.5) is 0 Å². The van der Waals surface area contributed by atoms with E-state index in [1.807, 2.05) is 0 Å². The summed E-state index contributed by atoms with van der Waals surface area (Å²) in [6.45, 7) is 8.15. The average Bonchev–Trinajstić information content (AvgIpc) is 2.86. The fourth-order valence-corrected chi connectivity index (χ4v) is 4.31. The van der Waals surface area contributed by atoms with Gasteiger partial charge in [0.1, 0.15) is 22.2 Å². The molecule has 6 nitrogen and oxygen atoms in total. The van der Waals surface area contributed by atoms with Crippen molar-refractivity contribution < 1.29 is 14.3 Å². The lowest BCUT2D eigenvalue weighted by atomic mass is 10.2. The maximum absolute atomic E-state index is 12.0. The zero-order valence-electron chi connectivity index (χ0n) is 15.0. The first-order valence-electron chi connectivity index (χ1n) is 8.27. The molecule has 1 N–H and O–H groups in total. The Morgan fingerprint density at radius 3 is 2.68 bits per heavy atom. The van der Waals surface area contributed by atoms with Gasteiger partial charge in [-0.05, 0) is 32.8 Å². The Labute approximate surface area is 155 Å². The number of esters is 1. The van der Waals surface area contributed by atoms with Crippen molar-refractivity contribution in [1.29, 1.82) is 0 Å². The first kappa shape index (κ1) is 19.7. The summed E-state index contributed by atoms with van der Waals surface area (Å²) >= 11 is 3.04. The molecule has 0 saturated heterocycles. The summed E-state index contributed by atoms with van der Waals surface area (Å²) < 4.78 is 4.79. The minimum absolute atomic E-state index is 0.107. The molecule has 136 valence electrons. The second-order valence-corrected chi connectivity index (χ2v) is 7.70. The molecule has 0 bridgehead atoms. The molecule has 0 atom stereocenters. The van der Waals surface area contributed by atoms with E-state index in [9.17, 15) is 9.59 Å². The van der Waals surface area contributed by atoms with Crippen LogP contribution < -0.4 is 5.32 Å². The number of aryl methyl sites for hydroxylation is 3. The number of carbonyl (C=O) groups is 2. The molecule has 0 radical (unpaired) electrons. The standard InChI is InChI=1S/C17H23N3O3S2/c1-5-7-12-19-16(15-10(3)11(4)25-17(15)20-12)24-9-13(21)18-8-14(22)23-6-2/h5-9H2,1-4H3,(H,18,21). The Morgan fingerprint density at radius 2 is 2.00 bits per heavy atom. The SMILES string of the molecule is CCCc1nc(SCC(=O)NCC(=O)OCC)c2c(C)c(C)sc2n1. The minimum atomic E-state index is -0.431. The smallest absolute Gasteiger partial charge is 0.325 e. The fraction of sp³-hybridized carbons (Fsp3) is 0.529. The van der Waals surface area contributed by atoms with Gasteiger partial charge in [-0.25, -0.2) is 9.97 Å². The second kappa shape index (κ2) is 9.15. The summed E-state index contributed by atoms with van der Waals surface area (Å²) in [7, 11) is 0. The molecule has 0 aromatic carbocycles. The van der Waals surface area contributed by atoms with Gasteiger partial charge in [-0.15, -0.1) is 11.3 Å². The van der Waals surface area contributed by atoms with E-state index >= 15 is 0 Å². The molecule has 0 unspecified atom stereocenters. The van der Waals surface area contributed by atoms with Crippen LogP contribution in [0.1, 0.15) is 36.5 Å². The van der Waals surface area contributed by atoms with Gasteiger partial charge in [0.15, 0.2) is 0 Å². The third kappa shape index (κ3) is 5.15. The van der Waals surface area contributed by atoms with E-state index < -0.39 is 5.97 Å². The lowest BCUT2D eigenvalue weighted by Gasteiger charge is -2.07. The van der Waals surface area contributed by atoms with Gasteiger partial charge in [0.2, 0.25) is 5.91 Å². The Kier molecular flexibility index (Phi) is 7.19. The number of thioether (sulfide) groups is 1. The van der Waals surface area contributed by atoms with Crippen molar-refractivity contribution in [3.05, 3.63) is 16.3 Å². The predicted octanol–water partition coefficient (Wildman–Crippen LogP) is 3.03. The number of nitrogens with zero attached hydrogens (tertiary/aromatic N) is 2. The van der Waals surface area contributed by atoms with Crippen molar-refractivity contribution in [2.24, 2.45) is 0 Å². The van der Waals surface area contributed by atoms with Gasteiger partial charge < -0.3 is 10.1 Å². The maximum atomic E-state index is 12.0. The first-order valence-corrected chi connectivity index (χ1v) is 10.1. The van der Waals surface area contributed by atoms with Crippen molar-refractivity contribution in [3.63, 3.8) is 0 Å². The Balaban J connectivity index is 2.11. The van der Waals surface area contributed by atoms with Crippen molar-refractivity contribution >= 4 is 45.2 Å². The highest BCUT2D eigenvalue weighted by molar-refractivity contribution is 8.00. The normalized spacial score (nSPS) is 10.9. The Hall–Kier alpha value is -1.67. The largest absolute Gasteiger partial charge is 0.465 e. The third-order valence-corrected chi connectivity index (χ3v) is 5.67. The van der Waals surface area contributed by atoms with E-state index in [-0.39, 0.29) is 18.2 Å². The van der Waals surface area contributed by atoms with Crippen molar-refractivity contribution in [3.8, 4) is 0 Å². The van der Waals surface area contributed by atoms with Gasteiger partial charge in [0.25, 0.3) is 0 Å². The highest BCUT2D eigenvalue weighted by atomic mass is 32.2. The Bertz CT molecular complexity index is 774. The summed E-state index contributed by atoms with van der Waals surface area (Å²) in [5.41, 5.74) is 1.16. The van der Waals surface area contributed by atoms with E-state index in [2.05, 4.69) is 36.1 Å². The monoisotopic (exact) mass is 381 g/mol. The molecule has 0 aliphatic carbocycles. The van der Waals surface area contributed by atoms with E-state index in [4.69, 9.17) is 4.74 Å². The predicted molar refractivity (Wildman–Crippen MR) is 101 cm³/mol. The molecule has 0 aliphatic rings. The molecule has 25 heavy (non-hydrogen) atoms. The lowest BCUT2D eigenvalue weighted by Crippen LogP contribution is -2.31. The zero-order valence-corrected chi connectivity index (χ0v) is 16.6. The fourth-order valence-electron chi connectivity index (χ4n) is 2.26. The zero-order chi connectivity index (χ0) is 18.4. The van der Waals surface area contributed by atoms with E-state index in [1.54, 1.807) is 18.3 Å². The van der Waals surface area contributed by atoms with Crippen LogP contribution in [-0.2, 0) is 20.7 Å². The number of rotatable bonds is 8. The number of hydrogen-bond acceptors (Lipinski definition) is 7. The van der Waals surface area contributed by atoms with Crippen LogP contribution in [0.3, 0.4) is 0 Å². The molecule has 0 saturated carbocycles. The van der Waals surface area contributed by atoms with Crippen LogP contribution in [0.15, 0.2) is 5.03 Å². The number of ether oxygens (including phenoxy) is 1. The van der Waals surface area contributed by atoms with Crippen LogP contribution in [-0.4, -0.2) is 40.7 Å². The molecule has 2 heterocycles. The molecule has 1 amide bonds. The number of carbonyl (C=O) groups excluding carboxylic acids is 2. The highest BCUT2D eigenvalue weighted by Crippen LogP contribution is 2.35. The Morgan fingerprint density at radius 1 is 1.24 bits per heavy atom. The molecule has 2 rings (SSSR count). The summed E-state index contributed by atoms with van der Waals surface area (Å²) in [6, 6.07) is 0. The number of fused-ring (bicyclic) bond motifs is 1. The average molecular weight is 382 g/mol. The number of amides is 1. The van der Waals surface area contributed by atoms with Crippen LogP contribution in [0.2, 0.25) is 0 Å². The van der Waals surface area contributed by atoms with E-state index in [0.29, 0.717) is 6.61 Å². The van der Waals surface area contributed by atoms with Gasteiger partial charge in [-0.2, -0.15) is 0 Å². The molecule has 0 aliphatic heterocycles. The number of aromatic nitrogens is 2. The van der Waals surface area contributed by atoms with Gasteiger partial charge in [-0.1, -0.05) is 18.7 Å². The van der Waals surface area contributed by atoms with E-state index in [1.165, 1.54) is 16.6 Å². The van der Waals surface area contributed by atoms with Gasteiger partial charge >= 0.3 is 5.97 Å². The minimum Gasteiger partial charge on any atom is -0.465 e. The second-order valence-electron chi connectivity index (χ2n) is 5.53. The molecule has 2 aromatic heterocycles. The maximum Gasteiger partial charge on any atom is 0.325 e. The van der Waals surface area contributed by atoms with Gasteiger partial charge in [-0.3, -0.25) is 9.59 Å². The molecule has 8 heteroatoms. The van der Waals surface area contributed by atoms with Crippen LogP contribution in [0, 0.1) is 13.8 Å². The highest BCUT2D eigenvalue weighted by Gasteiger charge is 2.16. The van der Waals surface area contributed by atoms with Crippen LogP contribution in [0.25, 0.3) is 10.2 Å². The van der Waals surface area contributed by atoms with Crippen LogP contribution >= 0.6 is 23.1 Å². The number of nitrogens with one attached hydrogen (secondary N) is 1. The molecule has 0 fully saturated rings. The summed E-state index contributed by atoms with van der Waals surface area (Å²) in [6.07, 6.45) is 1.79. The lowest BCUT2D eigenvalue weighted by molar-refractivity contribution is -0.143. The molecule has 2 aromatic rings. The molecular formula is C17H23N3O3S2. The first-order chi connectivity index (χ1) is 12.0. The topological polar surface area (TPSA) is 81.2 Å². The summed E-state index contributed by atoms with van der Waals surface area (Å²) in [4.78, 5) is 34.8. The number of hydrogen-bond donors (Lipinski definition) is 1. The summed E-state index contributed by atoms with van der Waals surface area (Å²) in [5.74, 6) is 0.364. The van der Waals surface area contributed by atoms with Crippen molar-refractivity contribution in [1.82, 2.24) is 15.3 Å². The van der Waals surface area contributed by atoms with Crippen LogP contribution in [0.5, 0.6) is 0 Å². The van der Waals surface area contributed by atoms with Gasteiger partial charge in [0, 0.05) is 16.7 Å². The molecule has 0 spiro atoms. The van der Waals surface area contributed by atoms with E-state index in [0.717, 1.165) is 39.5 Å². The number of thiophene rings is 1. The van der Waals surface area contributed by atoms with Crippen molar-refractivity contribution in [2.45, 2.75) is 45.6 Å². The quantitative estimate of drug-likeness (QED) is 0.430. The third-order valence-electron chi connectivity index (χ3n) is 3.59. The van der Waals surface area contributed by atoms with Crippen molar-refractivity contribution in [2.75, 3.05) is 18.9 Å². The summed E-state index contributed by atoms with van der Waals surface area (Å²) in [5, 5.41) is 4.44.